The van der Waals surface area contributed by atoms with Gasteiger partial charge in [0.2, 0.25) is 5.91 Å². The number of morpholine rings is 1. The van der Waals surface area contributed by atoms with E-state index in [9.17, 15) is 13.2 Å². The molecule has 1 aromatic carbocycles. The van der Waals surface area contributed by atoms with Crippen molar-refractivity contribution < 1.29 is 22.7 Å². The lowest BCUT2D eigenvalue weighted by molar-refractivity contribution is -0.132. The summed E-state index contributed by atoms with van der Waals surface area (Å²) >= 11 is 0. The number of nitrogens with zero attached hydrogens (tertiary/aromatic N) is 3. The van der Waals surface area contributed by atoms with Crippen molar-refractivity contribution in [3.8, 4) is 5.75 Å². The molecule has 2 aliphatic heterocycles. The van der Waals surface area contributed by atoms with Crippen LogP contribution in [0.25, 0.3) is 0 Å². The summed E-state index contributed by atoms with van der Waals surface area (Å²) in [6.07, 6.45) is 1.79. The molecule has 9 heteroatoms. The van der Waals surface area contributed by atoms with Gasteiger partial charge in [0.15, 0.2) is 0 Å². The Bertz CT molecular complexity index is 874. The SMILES string of the molecule is Cc1ccc(C)c(OCCCCC(=O)N2CCN(S(=O)(=O)N3CC(C)OC(C)C3)CC2)c1. The molecule has 0 N–H and O–H groups in total. The Balaban J connectivity index is 1.38. The van der Waals surface area contributed by atoms with Crippen molar-refractivity contribution in [3.63, 3.8) is 0 Å². The molecule has 0 bridgehead atoms. The van der Waals surface area contributed by atoms with E-state index in [0.29, 0.717) is 52.3 Å². The molecule has 1 aromatic rings. The molecular weight excluding hydrogens is 430 g/mol. The third-order valence-electron chi connectivity index (χ3n) is 6.02. The van der Waals surface area contributed by atoms with Crippen molar-refractivity contribution in [2.75, 3.05) is 45.9 Å². The second-order valence-corrected chi connectivity index (χ2v) is 10.9. The molecule has 0 spiro atoms. The van der Waals surface area contributed by atoms with Crippen molar-refractivity contribution in [1.82, 2.24) is 13.5 Å². The van der Waals surface area contributed by atoms with Gasteiger partial charge in [0, 0.05) is 45.7 Å². The molecular formula is C23H37N3O5S. The van der Waals surface area contributed by atoms with Gasteiger partial charge in [0.05, 0.1) is 18.8 Å². The van der Waals surface area contributed by atoms with E-state index in [-0.39, 0.29) is 18.1 Å². The highest BCUT2D eigenvalue weighted by molar-refractivity contribution is 7.86. The zero-order valence-corrected chi connectivity index (χ0v) is 20.6. The van der Waals surface area contributed by atoms with Crippen LogP contribution < -0.4 is 4.74 Å². The van der Waals surface area contributed by atoms with Gasteiger partial charge in [0.25, 0.3) is 10.2 Å². The summed E-state index contributed by atoms with van der Waals surface area (Å²) in [4.78, 5) is 14.3. The molecule has 0 saturated carbocycles. The first-order chi connectivity index (χ1) is 15.2. The van der Waals surface area contributed by atoms with E-state index >= 15 is 0 Å². The smallest absolute Gasteiger partial charge is 0.282 e. The second kappa shape index (κ2) is 11.0. The van der Waals surface area contributed by atoms with Gasteiger partial charge in [-0.3, -0.25) is 4.79 Å². The third kappa shape index (κ3) is 6.43. The lowest BCUT2D eigenvalue weighted by Gasteiger charge is -2.40. The summed E-state index contributed by atoms with van der Waals surface area (Å²) in [5.41, 5.74) is 2.28. The van der Waals surface area contributed by atoms with Crippen LogP contribution in [0.2, 0.25) is 0 Å². The predicted molar refractivity (Wildman–Crippen MR) is 124 cm³/mol. The quantitative estimate of drug-likeness (QED) is 0.549. The maximum atomic E-state index is 13.0. The van der Waals surface area contributed by atoms with E-state index in [4.69, 9.17) is 9.47 Å². The number of hydrogen-bond acceptors (Lipinski definition) is 5. The van der Waals surface area contributed by atoms with Gasteiger partial charge in [-0.05, 0) is 57.7 Å². The molecule has 2 fully saturated rings. The summed E-state index contributed by atoms with van der Waals surface area (Å²) in [7, 11) is -3.53. The summed E-state index contributed by atoms with van der Waals surface area (Å²) in [5.74, 6) is 0.986. The Morgan fingerprint density at radius 1 is 1.03 bits per heavy atom. The molecule has 2 heterocycles. The highest BCUT2D eigenvalue weighted by atomic mass is 32.2. The molecule has 0 radical (unpaired) electrons. The minimum Gasteiger partial charge on any atom is -0.493 e. The van der Waals surface area contributed by atoms with Crippen molar-refractivity contribution in [3.05, 3.63) is 29.3 Å². The first-order valence-corrected chi connectivity index (χ1v) is 12.9. The molecule has 32 heavy (non-hydrogen) atoms. The van der Waals surface area contributed by atoms with Gasteiger partial charge in [-0.25, -0.2) is 0 Å². The Hall–Kier alpha value is -1.68. The number of aryl methyl sites for hydroxylation is 2. The van der Waals surface area contributed by atoms with Crippen molar-refractivity contribution in [2.24, 2.45) is 0 Å². The average molecular weight is 468 g/mol. The van der Waals surface area contributed by atoms with Gasteiger partial charge < -0.3 is 14.4 Å². The molecule has 1 amide bonds. The molecule has 3 rings (SSSR count). The van der Waals surface area contributed by atoms with Crippen LogP contribution in [0.1, 0.15) is 44.2 Å². The fraction of sp³-hybridized carbons (Fsp3) is 0.696. The number of amides is 1. The first-order valence-electron chi connectivity index (χ1n) is 11.6. The first kappa shape index (κ1) is 25.0. The summed E-state index contributed by atoms with van der Waals surface area (Å²) in [6, 6.07) is 6.15. The lowest BCUT2D eigenvalue weighted by atomic mass is 10.1. The van der Waals surface area contributed by atoms with Crippen molar-refractivity contribution in [1.29, 1.82) is 0 Å². The van der Waals surface area contributed by atoms with Gasteiger partial charge in [-0.1, -0.05) is 12.1 Å². The minimum atomic E-state index is -3.53. The van der Waals surface area contributed by atoms with Gasteiger partial charge in [0.1, 0.15) is 5.75 Å². The van der Waals surface area contributed by atoms with Crippen LogP contribution >= 0.6 is 0 Å². The van der Waals surface area contributed by atoms with Gasteiger partial charge in [-0.15, -0.1) is 0 Å². The number of carbonyl (C=O) groups excluding carboxylic acids is 1. The van der Waals surface area contributed by atoms with Gasteiger partial charge >= 0.3 is 0 Å². The lowest BCUT2D eigenvalue weighted by Crippen LogP contribution is -2.57. The Kier molecular flexibility index (Phi) is 8.55. The molecule has 0 aromatic heterocycles. The van der Waals surface area contributed by atoms with Crippen LogP contribution in [0.3, 0.4) is 0 Å². The summed E-state index contributed by atoms with van der Waals surface area (Å²) < 4.78 is 40.5. The Labute approximate surface area is 192 Å². The number of carbonyl (C=O) groups is 1. The van der Waals surface area contributed by atoms with E-state index in [2.05, 4.69) is 6.07 Å². The van der Waals surface area contributed by atoms with Crippen molar-refractivity contribution in [2.45, 2.75) is 59.2 Å². The monoisotopic (exact) mass is 467 g/mol. The molecule has 2 aliphatic rings. The van der Waals surface area contributed by atoms with E-state index in [1.165, 1.54) is 14.2 Å². The highest BCUT2D eigenvalue weighted by Gasteiger charge is 2.37. The van der Waals surface area contributed by atoms with E-state index in [1.807, 2.05) is 39.8 Å². The molecule has 2 atom stereocenters. The van der Waals surface area contributed by atoms with E-state index in [0.717, 1.165) is 24.2 Å². The number of benzene rings is 1. The second-order valence-electron chi connectivity index (χ2n) is 8.94. The van der Waals surface area contributed by atoms with Crippen LogP contribution in [-0.2, 0) is 19.7 Å². The topological polar surface area (TPSA) is 79.4 Å². The fourth-order valence-electron chi connectivity index (χ4n) is 4.23. The zero-order chi connectivity index (χ0) is 23.3. The molecule has 180 valence electrons. The molecule has 2 unspecified atom stereocenters. The fourth-order valence-corrected chi connectivity index (χ4v) is 5.98. The Morgan fingerprint density at radius 2 is 1.69 bits per heavy atom. The molecule has 8 nitrogen and oxygen atoms in total. The highest BCUT2D eigenvalue weighted by Crippen LogP contribution is 2.21. The predicted octanol–water partition coefficient (Wildman–Crippen LogP) is 2.35. The van der Waals surface area contributed by atoms with Crippen LogP contribution in [0.5, 0.6) is 5.75 Å². The zero-order valence-electron chi connectivity index (χ0n) is 19.7. The van der Waals surface area contributed by atoms with Crippen LogP contribution in [0.4, 0.5) is 0 Å². The van der Waals surface area contributed by atoms with Crippen molar-refractivity contribution >= 4 is 16.1 Å². The largest absolute Gasteiger partial charge is 0.493 e. The molecule has 2 saturated heterocycles. The van der Waals surface area contributed by atoms with E-state index in [1.54, 1.807) is 4.90 Å². The summed E-state index contributed by atoms with van der Waals surface area (Å²) in [6.45, 7) is 10.7. The van der Waals surface area contributed by atoms with Crippen LogP contribution in [0.15, 0.2) is 18.2 Å². The van der Waals surface area contributed by atoms with E-state index < -0.39 is 10.2 Å². The third-order valence-corrected chi connectivity index (χ3v) is 7.98. The normalized spacial score (nSPS) is 23.3. The van der Waals surface area contributed by atoms with Crippen LogP contribution in [0, 0.1) is 13.8 Å². The maximum Gasteiger partial charge on any atom is 0.282 e. The summed E-state index contributed by atoms with van der Waals surface area (Å²) in [5, 5.41) is 0. The number of hydrogen-bond donors (Lipinski definition) is 0. The maximum absolute atomic E-state index is 13.0. The van der Waals surface area contributed by atoms with Gasteiger partial charge in [-0.2, -0.15) is 17.0 Å². The number of unbranched alkanes of at least 4 members (excludes halogenated alkanes) is 1. The minimum absolute atomic E-state index is 0.0856. The van der Waals surface area contributed by atoms with Crippen LogP contribution in [-0.4, -0.2) is 85.9 Å². The standard InChI is InChI=1S/C23H37N3O5S/c1-18-8-9-19(2)22(15-18)30-14-6-5-7-23(27)24-10-12-25(13-11-24)32(28,29)26-16-20(3)31-21(4)17-26/h8-9,15,20-21H,5-7,10-14,16-17H2,1-4H3. The number of rotatable bonds is 8. The number of piperazine rings is 1. The average Bonchev–Trinajstić information content (AvgIpc) is 2.75. The number of ether oxygens (including phenoxy) is 2. The Morgan fingerprint density at radius 3 is 2.34 bits per heavy atom. The molecule has 0 aliphatic carbocycles.